The van der Waals surface area contributed by atoms with Gasteiger partial charge < -0.3 is 0 Å². The Morgan fingerprint density at radius 1 is 0.966 bits per heavy atom. The van der Waals surface area contributed by atoms with E-state index in [0.717, 1.165) is 0 Å². The van der Waals surface area contributed by atoms with Crippen molar-refractivity contribution in [2.75, 3.05) is 0 Å². The van der Waals surface area contributed by atoms with Crippen LogP contribution in [-0.2, 0) is 11.2 Å². The lowest BCUT2D eigenvalue weighted by atomic mass is 9.93. The maximum atomic E-state index is 12.5. The quantitative estimate of drug-likeness (QED) is 0.177. The van der Waals surface area contributed by atoms with Crippen molar-refractivity contribution < 1.29 is 14.5 Å². The van der Waals surface area contributed by atoms with E-state index in [2.05, 4.69) is 0 Å². The lowest BCUT2D eigenvalue weighted by Gasteiger charge is -2.23. The molecule has 1 unspecified atom stereocenters. The molecule has 10 heteroatoms. The fourth-order valence-electron chi connectivity index (χ4n) is 2.64. The topological polar surface area (TPSA) is 77.3 Å². The van der Waals surface area contributed by atoms with Crippen molar-refractivity contribution in [3.63, 3.8) is 0 Å². The van der Waals surface area contributed by atoms with Gasteiger partial charge in [0.2, 0.25) is 0 Å². The van der Waals surface area contributed by atoms with Crippen LogP contribution in [0, 0.1) is 16.0 Å². The van der Waals surface area contributed by atoms with Crippen LogP contribution in [-0.4, -0.2) is 20.3 Å². The Labute approximate surface area is 192 Å². The Hall–Kier alpha value is -1.37. The van der Waals surface area contributed by atoms with Gasteiger partial charge in [-0.2, -0.15) is 0 Å². The SMILES string of the molecule is O=C(Cc1ccc(Cl)c(Cl)c1)CC(CC(=O)c1ccc([N+](=O)[O-])cc1)C(Cl)(Cl)Cl. The van der Waals surface area contributed by atoms with Crippen molar-refractivity contribution in [3.8, 4) is 0 Å². The molecule has 0 bridgehead atoms. The second-order valence-corrected chi connectivity index (χ2v) is 9.52. The number of nitro benzene ring substituents is 1. The van der Waals surface area contributed by atoms with Crippen LogP contribution >= 0.6 is 58.0 Å². The average Bonchev–Trinajstić information content (AvgIpc) is 2.63. The van der Waals surface area contributed by atoms with Crippen LogP contribution in [0.1, 0.15) is 28.8 Å². The molecule has 0 aliphatic heterocycles. The number of hydrogen-bond donors (Lipinski definition) is 0. The highest BCUT2D eigenvalue weighted by Crippen LogP contribution is 2.40. The first-order valence-corrected chi connectivity index (χ1v) is 10.2. The van der Waals surface area contributed by atoms with Crippen molar-refractivity contribution >= 4 is 75.3 Å². The highest BCUT2D eigenvalue weighted by atomic mass is 35.6. The zero-order chi connectivity index (χ0) is 21.8. The van der Waals surface area contributed by atoms with Crippen molar-refractivity contribution in [3.05, 3.63) is 73.8 Å². The maximum absolute atomic E-state index is 12.5. The summed E-state index contributed by atoms with van der Waals surface area (Å²) in [5, 5.41) is 11.4. The molecule has 5 nitrogen and oxygen atoms in total. The van der Waals surface area contributed by atoms with Gasteiger partial charge in [0.25, 0.3) is 5.69 Å². The molecule has 0 fully saturated rings. The lowest BCUT2D eigenvalue weighted by molar-refractivity contribution is -0.384. The summed E-state index contributed by atoms with van der Waals surface area (Å²) >= 11 is 29.8. The lowest BCUT2D eigenvalue weighted by Crippen LogP contribution is -2.26. The maximum Gasteiger partial charge on any atom is 0.269 e. The number of hydrogen-bond acceptors (Lipinski definition) is 4. The molecule has 0 N–H and O–H groups in total. The van der Waals surface area contributed by atoms with Crippen LogP contribution in [0.25, 0.3) is 0 Å². The highest BCUT2D eigenvalue weighted by Gasteiger charge is 2.36. The second kappa shape index (κ2) is 10.1. The van der Waals surface area contributed by atoms with Gasteiger partial charge in [-0.25, -0.2) is 0 Å². The third kappa shape index (κ3) is 7.12. The van der Waals surface area contributed by atoms with Crippen LogP contribution in [0.2, 0.25) is 10.0 Å². The number of non-ortho nitro benzene ring substituents is 1. The number of nitrogens with zero attached hydrogens (tertiary/aromatic N) is 1. The summed E-state index contributed by atoms with van der Waals surface area (Å²) in [4.78, 5) is 35.1. The molecule has 0 spiro atoms. The molecule has 0 aromatic heterocycles. The molecule has 0 heterocycles. The van der Waals surface area contributed by atoms with Gasteiger partial charge in [0.05, 0.1) is 15.0 Å². The predicted octanol–water partition coefficient (Wildman–Crippen LogP) is 6.66. The Morgan fingerprint density at radius 3 is 2.10 bits per heavy atom. The number of alkyl halides is 3. The molecule has 2 aromatic carbocycles. The molecular formula is C19H14Cl5NO4. The van der Waals surface area contributed by atoms with Gasteiger partial charge in [0, 0.05) is 42.9 Å². The Morgan fingerprint density at radius 2 is 1.59 bits per heavy atom. The van der Waals surface area contributed by atoms with Crippen molar-refractivity contribution in [1.29, 1.82) is 0 Å². The smallest absolute Gasteiger partial charge is 0.269 e. The number of nitro groups is 1. The van der Waals surface area contributed by atoms with Gasteiger partial charge in [-0.15, -0.1) is 0 Å². The number of ketones is 2. The van der Waals surface area contributed by atoms with E-state index in [9.17, 15) is 19.7 Å². The largest absolute Gasteiger partial charge is 0.299 e. The van der Waals surface area contributed by atoms with Crippen LogP contribution in [0.4, 0.5) is 5.69 Å². The molecule has 0 saturated carbocycles. The first-order valence-electron chi connectivity index (χ1n) is 8.27. The van der Waals surface area contributed by atoms with Gasteiger partial charge in [-0.05, 0) is 29.8 Å². The minimum Gasteiger partial charge on any atom is -0.299 e. The summed E-state index contributed by atoms with van der Waals surface area (Å²) in [5.74, 6) is -1.50. The molecule has 0 aliphatic rings. The molecule has 1 atom stereocenters. The highest BCUT2D eigenvalue weighted by molar-refractivity contribution is 6.67. The summed E-state index contributed by atoms with van der Waals surface area (Å²) in [5.41, 5.74) is 0.734. The van der Waals surface area contributed by atoms with Crippen LogP contribution < -0.4 is 0 Å². The fraction of sp³-hybridized carbons (Fsp3) is 0.263. The fourth-order valence-corrected chi connectivity index (χ4v) is 3.42. The van der Waals surface area contributed by atoms with E-state index >= 15 is 0 Å². The number of Topliss-reactive ketones (excluding diaryl/α,β-unsaturated/α-hetero) is 2. The van der Waals surface area contributed by atoms with Gasteiger partial charge in [-0.1, -0.05) is 64.1 Å². The van der Waals surface area contributed by atoms with E-state index in [1.54, 1.807) is 18.2 Å². The molecular weight excluding hydrogens is 483 g/mol. The molecule has 2 rings (SSSR count). The van der Waals surface area contributed by atoms with Crippen LogP contribution in [0.3, 0.4) is 0 Å². The summed E-state index contributed by atoms with van der Waals surface area (Å²) in [6.07, 6.45) is -0.309. The average molecular weight is 498 g/mol. The first kappa shape index (κ1) is 23.9. The third-order valence-corrected chi connectivity index (χ3v) is 5.82. The Bertz CT molecular complexity index is 925. The van der Waals surface area contributed by atoms with Gasteiger partial charge in [0.15, 0.2) is 9.58 Å². The predicted molar refractivity (Wildman–Crippen MR) is 116 cm³/mol. The van der Waals surface area contributed by atoms with E-state index in [1.165, 1.54) is 24.3 Å². The molecule has 0 aliphatic carbocycles. The van der Waals surface area contributed by atoms with E-state index < -0.39 is 20.4 Å². The van der Waals surface area contributed by atoms with Gasteiger partial charge in [0.1, 0.15) is 5.78 Å². The number of carbonyl (C=O) groups is 2. The first-order chi connectivity index (χ1) is 13.5. The van der Waals surface area contributed by atoms with Crippen LogP contribution in [0.5, 0.6) is 0 Å². The number of carbonyl (C=O) groups excluding carboxylic acids is 2. The molecule has 0 radical (unpaired) electrons. The zero-order valence-corrected chi connectivity index (χ0v) is 18.5. The monoisotopic (exact) mass is 495 g/mol. The van der Waals surface area contributed by atoms with Crippen LogP contribution in [0.15, 0.2) is 42.5 Å². The third-order valence-electron chi connectivity index (χ3n) is 4.15. The summed E-state index contributed by atoms with van der Waals surface area (Å²) in [6.45, 7) is 0. The zero-order valence-electron chi connectivity index (χ0n) is 14.7. The van der Waals surface area contributed by atoms with Crippen molar-refractivity contribution in [2.24, 2.45) is 5.92 Å². The molecule has 0 amide bonds. The minimum absolute atomic E-state index is 0.0415. The second-order valence-electron chi connectivity index (χ2n) is 6.34. The number of rotatable bonds is 8. The van der Waals surface area contributed by atoms with E-state index in [1.807, 2.05) is 0 Å². The van der Waals surface area contributed by atoms with Gasteiger partial charge in [-0.3, -0.25) is 19.7 Å². The van der Waals surface area contributed by atoms with E-state index in [0.29, 0.717) is 15.6 Å². The van der Waals surface area contributed by atoms with E-state index in [-0.39, 0.29) is 36.3 Å². The molecule has 29 heavy (non-hydrogen) atoms. The normalized spacial score (nSPS) is 12.4. The number of benzene rings is 2. The Balaban J connectivity index is 2.08. The number of halogens is 5. The summed E-state index contributed by atoms with van der Waals surface area (Å²) < 4.78 is -1.84. The minimum atomic E-state index is -1.84. The van der Waals surface area contributed by atoms with E-state index in [4.69, 9.17) is 58.0 Å². The Kier molecular flexibility index (Phi) is 8.32. The molecule has 0 saturated heterocycles. The summed E-state index contributed by atoms with van der Waals surface area (Å²) in [7, 11) is 0. The standard InChI is InChI=1S/C19H14Cl5NO4/c20-16-6-1-11(8-17(16)21)7-15(26)9-13(19(22,23)24)10-18(27)12-2-4-14(5-3-12)25(28)29/h1-6,8,13H,7,9-10H2. The summed E-state index contributed by atoms with van der Waals surface area (Å²) in [6, 6.07) is 9.91. The van der Waals surface area contributed by atoms with Gasteiger partial charge >= 0.3 is 0 Å². The van der Waals surface area contributed by atoms with Crippen molar-refractivity contribution in [2.45, 2.75) is 23.1 Å². The van der Waals surface area contributed by atoms with Crippen molar-refractivity contribution in [1.82, 2.24) is 0 Å². The molecule has 154 valence electrons. The molecule has 2 aromatic rings.